The summed E-state index contributed by atoms with van der Waals surface area (Å²) in [4.78, 5) is 0. The van der Waals surface area contributed by atoms with Crippen molar-refractivity contribution in [2.45, 2.75) is 32.8 Å². The molecule has 0 amide bonds. The average molecular weight is 180 g/mol. The van der Waals surface area contributed by atoms with Crippen molar-refractivity contribution in [3.63, 3.8) is 0 Å². The van der Waals surface area contributed by atoms with E-state index in [0.717, 1.165) is 13.2 Å². The van der Waals surface area contributed by atoms with Gasteiger partial charge in [0.15, 0.2) is 0 Å². The third-order valence-electron chi connectivity index (χ3n) is 2.33. The van der Waals surface area contributed by atoms with Crippen molar-refractivity contribution in [2.75, 3.05) is 13.2 Å². The molecule has 0 aromatic heterocycles. The third kappa shape index (κ3) is 2.62. The predicted molar refractivity (Wildman–Crippen MR) is 49.1 cm³/mol. The first-order chi connectivity index (χ1) is 4.67. The summed E-state index contributed by atoms with van der Waals surface area (Å²) in [5.74, 6) is 0. The van der Waals surface area contributed by atoms with Crippen molar-refractivity contribution in [2.24, 2.45) is 11.1 Å². The maximum atomic E-state index is 5.61. The molecule has 0 saturated carbocycles. The molecule has 1 aliphatic rings. The zero-order valence-corrected chi connectivity index (χ0v) is 8.12. The Morgan fingerprint density at radius 1 is 1.55 bits per heavy atom. The van der Waals surface area contributed by atoms with Gasteiger partial charge in [0.1, 0.15) is 0 Å². The van der Waals surface area contributed by atoms with E-state index in [0.29, 0.717) is 6.10 Å². The fourth-order valence-electron chi connectivity index (χ4n) is 1.33. The second kappa shape index (κ2) is 4.29. The van der Waals surface area contributed by atoms with E-state index in [2.05, 4.69) is 13.8 Å². The molecule has 1 aliphatic heterocycles. The maximum absolute atomic E-state index is 5.61. The van der Waals surface area contributed by atoms with Crippen molar-refractivity contribution in [3.8, 4) is 0 Å². The highest BCUT2D eigenvalue weighted by Gasteiger charge is 2.31. The lowest BCUT2D eigenvalue weighted by molar-refractivity contribution is 0.0238. The van der Waals surface area contributed by atoms with E-state index in [1.807, 2.05) is 0 Å². The Balaban J connectivity index is 0.000001000. The Hall–Kier alpha value is 0.210. The van der Waals surface area contributed by atoms with E-state index in [1.54, 1.807) is 0 Å². The van der Waals surface area contributed by atoms with Gasteiger partial charge in [0.25, 0.3) is 0 Å². The van der Waals surface area contributed by atoms with E-state index < -0.39 is 0 Å². The van der Waals surface area contributed by atoms with Crippen molar-refractivity contribution in [1.82, 2.24) is 0 Å². The van der Waals surface area contributed by atoms with Gasteiger partial charge in [-0.05, 0) is 19.4 Å². The molecular weight excluding hydrogens is 162 g/mol. The van der Waals surface area contributed by atoms with Crippen molar-refractivity contribution in [3.05, 3.63) is 0 Å². The van der Waals surface area contributed by atoms with E-state index in [9.17, 15) is 0 Å². The summed E-state index contributed by atoms with van der Waals surface area (Å²) in [5, 5.41) is 0. The SMILES string of the molecule is CC(C)(CN)C1CCCO1.Cl. The average Bonchev–Trinajstić information content (AvgIpc) is 2.38. The number of halogens is 1. The van der Waals surface area contributed by atoms with Gasteiger partial charge in [-0.2, -0.15) is 0 Å². The van der Waals surface area contributed by atoms with Gasteiger partial charge in [0, 0.05) is 12.0 Å². The minimum atomic E-state index is 0. The molecule has 3 heteroatoms. The molecule has 1 atom stereocenters. The highest BCUT2D eigenvalue weighted by molar-refractivity contribution is 5.85. The Morgan fingerprint density at radius 3 is 2.55 bits per heavy atom. The van der Waals surface area contributed by atoms with Crippen LogP contribution in [-0.2, 0) is 4.74 Å². The van der Waals surface area contributed by atoms with Gasteiger partial charge in [0.05, 0.1) is 6.10 Å². The second-order valence-electron chi connectivity index (χ2n) is 3.69. The monoisotopic (exact) mass is 179 g/mol. The lowest BCUT2D eigenvalue weighted by Gasteiger charge is -2.28. The molecule has 1 rings (SSSR count). The van der Waals surface area contributed by atoms with Crippen LogP contribution in [0.15, 0.2) is 0 Å². The minimum absolute atomic E-state index is 0. The predicted octanol–water partition coefficient (Wildman–Crippen LogP) is 1.57. The fraction of sp³-hybridized carbons (Fsp3) is 1.00. The number of hydrogen-bond acceptors (Lipinski definition) is 2. The topological polar surface area (TPSA) is 35.2 Å². The molecule has 0 radical (unpaired) electrons. The largest absolute Gasteiger partial charge is 0.378 e. The number of ether oxygens (including phenoxy) is 1. The summed E-state index contributed by atoms with van der Waals surface area (Å²) in [6.07, 6.45) is 2.79. The molecule has 0 aliphatic carbocycles. The highest BCUT2D eigenvalue weighted by Crippen LogP contribution is 2.29. The van der Waals surface area contributed by atoms with Crippen LogP contribution in [0, 0.1) is 5.41 Å². The first kappa shape index (κ1) is 11.2. The standard InChI is InChI=1S/C8H17NO.ClH/c1-8(2,6-9)7-4-3-5-10-7;/h7H,3-6,9H2,1-2H3;1H. The smallest absolute Gasteiger partial charge is 0.0638 e. The molecular formula is C8H18ClNO. The highest BCUT2D eigenvalue weighted by atomic mass is 35.5. The second-order valence-corrected chi connectivity index (χ2v) is 3.69. The quantitative estimate of drug-likeness (QED) is 0.699. The van der Waals surface area contributed by atoms with Gasteiger partial charge in [-0.25, -0.2) is 0 Å². The summed E-state index contributed by atoms with van der Waals surface area (Å²) in [6.45, 7) is 5.98. The molecule has 1 heterocycles. The van der Waals surface area contributed by atoms with Crippen LogP contribution >= 0.6 is 12.4 Å². The molecule has 0 bridgehead atoms. The molecule has 11 heavy (non-hydrogen) atoms. The molecule has 1 saturated heterocycles. The molecule has 2 nitrogen and oxygen atoms in total. The van der Waals surface area contributed by atoms with Crippen LogP contribution in [0.3, 0.4) is 0 Å². The first-order valence-corrected chi connectivity index (χ1v) is 3.98. The van der Waals surface area contributed by atoms with Crippen LogP contribution in [0.25, 0.3) is 0 Å². The van der Waals surface area contributed by atoms with Crippen molar-refractivity contribution < 1.29 is 4.74 Å². The van der Waals surface area contributed by atoms with Gasteiger partial charge in [-0.15, -0.1) is 12.4 Å². The Kier molecular flexibility index (Phi) is 4.37. The first-order valence-electron chi connectivity index (χ1n) is 3.98. The van der Waals surface area contributed by atoms with Gasteiger partial charge < -0.3 is 10.5 Å². The van der Waals surface area contributed by atoms with E-state index >= 15 is 0 Å². The summed E-state index contributed by atoms with van der Waals surface area (Å²) in [6, 6.07) is 0. The summed E-state index contributed by atoms with van der Waals surface area (Å²) in [7, 11) is 0. The van der Waals surface area contributed by atoms with Gasteiger partial charge in [-0.3, -0.25) is 0 Å². The van der Waals surface area contributed by atoms with Crippen LogP contribution in [-0.4, -0.2) is 19.3 Å². The van der Waals surface area contributed by atoms with Gasteiger partial charge in [0.2, 0.25) is 0 Å². The fourth-order valence-corrected chi connectivity index (χ4v) is 1.33. The Morgan fingerprint density at radius 2 is 2.18 bits per heavy atom. The minimum Gasteiger partial charge on any atom is -0.378 e. The number of nitrogens with two attached hydrogens (primary N) is 1. The number of hydrogen-bond donors (Lipinski definition) is 1. The molecule has 0 aromatic carbocycles. The van der Waals surface area contributed by atoms with Crippen molar-refractivity contribution >= 4 is 12.4 Å². The van der Waals surface area contributed by atoms with Crippen LogP contribution in [0.1, 0.15) is 26.7 Å². The molecule has 1 unspecified atom stereocenters. The normalized spacial score (nSPS) is 24.8. The van der Waals surface area contributed by atoms with Gasteiger partial charge in [-0.1, -0.05) is 13.8 Å². The van der Waals surface area contributed by atoms with Crippen LogP contribution in [0.2, 0.25) is 0 Å². The molecule has 1 fully saturated rings. The van der Waals surface area contributed by atoms with Crippen LogP contribution < -0.4 is 5.73 Å². The van der Waals surface area contributed by atoms with Crippen LogP contribution in [0.4, 0.5) is 0 Å². The molecule has 68 valence electrons. The zero-order chi connectivity index (χ0) is 7.61. The summed E-state index contributed by atoms with van der Waals surface area (Å²) >= 11 is 0. The summed E-state index contributed by atoms with van der Waals surface area (Å²) < 4.78 is 5.53. The molecule has 0 aromatic rings. The molecule has 0 spiro atoms. The van der Waals surface area contributed by atoms with Crippen LogP contribution in [0.5, 0.6) is 0 Å². The zero-order valence-electron chi connectivity index (χ0n) is 7.30. The van der Waals surface area contributed by atoms with E-state index in [1.165, 1.54) is 12.8 Å². The number of rotatable bonds is 2. The van der Waals surface area contributed by atoms with Crippen molar-refractivity contribution in [1.29, 1.82) is 0 Å². The third-order valence-corrected chi connectivity index (χ3v) is 2.33. The van der Waals surface area contributed by atoms with E-state index in [4.69, 9.17) is 10.5 Å². The lowest BCUT2D eigenvalue weighted by Crippen LogP contribution is -2.35. The lowest BCUT2D eigenvalue weighted by atomic mass is 9.85. The Labute approximate surface area is 74.9 Å². The Bertz CT molecular complexity index is 111. The van der Waals surface area contributed by atoms with E-state index in [-0.39, 0.29) is 17.8 Å². The summed E-state index contributed by atoms with van der Waals surface area (Å²) in [5.41, 5.74) is 5.78. The van der Waals surface area contributed by atoms with Gasteiger partial charge >= 0.3 is 0 Å². The molecule has 2 N–H and O–H groups in total. The maximum Gasteiger partial charge on any atom is 0.0638 e.